The van der Waals surface area contributed by atoms with Crippen molar-refractivity contribution < 1.29 is 15.3 Å². The molecule has 0 aliphatic heterocycles. The van der Waals surface area contributed by atoms with Gasteiger partial charge in [-0.25, -0.2) is 0 Å². The molecule has 0 saturated carbocycles. The molecule has 3 rings (SSSR count). The Morgan fingerprint density at radius 2 is 1.04 bits per heavy atom. The molecule has 0 aromatic heterocycles. The fraction of sp³-hybridized carbons (Fsp3) is 0.182. The minimum absolute atomic E-state index is 0.0699. The lowest BCUT2D eigenvalue weighted by Crippen LogP contribution is -1.89. The third-order valence-electron chi connectivity index (χ3n) is 4.55. The summed E-state index contributed by atoms with van der Waals surface area (Å²) in [6, 6.07) is 14.1. The van der Waals surface area contributed by atoms with Gasteiger partial charge in [0.1, 0.15) is 17.2 Å². The second-order valence-corrected chi connectivity index (χ2v) is 6.57. The standard InChI is InChI=1S/C22H21O3/c1-12-7-17(8-13(2)21(12)24)16-5-6-20(23)19(11-16)18-9-14(3)22(25)15(4)10-18/h5,7-11,23-25H,1-4H3. The first-order valence-electron chi connectivity index (χ1n) is 8.13. The summed E-state index contributed by atoms with van der Waals surface area (Å²) >= 11 is 0. The van der Waals surface area contributed by atoms with Crippen LogP contribution in [0.4, 0.5) is 0 Å². The maximum atomic E-state index is 10.3. The van der Waals surface area contributed by atoms with E-state index in [1.54, 1.807) is 6.07 Å². The van der Waals surface area contributed by atoms with E-state index in [9.17, 15) is 15.3 Å². The molecule has 0 atom stereocenters. The molecule has 3 nitrogen and oxygen atoms in total. The molecule has 3 aromatic rings. The zero-order valence-electron chi connectivity index (χ0n) is 14.8. The number of hydrogen-bond acceptors (Lipinski definition) is 3. The minimum atomic E-state index is 0.0699. The van der Waals surface area contributed by atoms with E-state index >= 15 is 0 Å². The van der Waals surface area contributed by atoms with Crippen molar-refractivity contribution in [3.8, 4) is 39.5 Å². The molecule has 3 heteroatoms. The number of phenolic OH excluding ortho intramolecular Hbond substituents is 3. The van der Waals surface area contributed by atoms with Crippen LogP contribution < -0.4 is 0 Å². The number of phenols is 3. The van der Waals surface area contributed by atoms with Crippen molar-refractivity contribution in [1.29, 1.82) is 0 Å². The van der Waals surface area contributed by atoms with Crippen LogP contribution in [0.15, 0.2) is 36.4 Å². The van der Waals surface area contributed by atoms with Gasteiger partial charge in [0.15, 0.2) is 0 Å². The molecule has 1 radical (unpaired) electrons. The molecule has 3 N–H and O–H groups in total. The third-order valence-corrected chi connectivity index (χ3v) is 4.55. The van der Waals surface area contributed by atoms with Crippen molar-refractivity contribution in [2.24, 2.45) is 0 Å². The number of rotatable bonds is 2. The predicted molar refractivity (Wildman–Crippen MR) is 100 cm³/mol. The van der Waals surface area contributed by atoms with Gasteiger partial charge in [0.25, 0.3) is 0 Å². The average Bonchev–Trinajstić information content (AvgIpc) is 2.57. The summed E-state index contributed by atoms with van der Waals surface area (Å²) in [5.41, 5.74) is 6.48. The van der Waals surface area contributed by atoms with Crippen molar-refractivity contribution >= 4 is 0 Å². The summed E-state index contributed by atoms with van der Waals surface area (Å²) in [6.07, 6.45) is 0. The molecule has 127 valence electrons. The molecule has 0 amide bonds. The number of aromatic hydroxyl groups is 3. The Hall–Kier alpha value is -2.94. The van der Waals surface area contributed by atoms with Gasteiger partial charge in [0, 0.05) is 11.6 Å². The summed E-state index contributed by atoms with van der Waals surface area (Å²) < 4.78 is 0. The normalized spacial score (nSPS) is 10.9. The Kier molecular flexibility index (Phi) is 4.17. The Bertz CT molecular complexity index is 925. The number of aryl methyl sites for hydroxylation is 4. The molecular formula is C22H21O3. The fourth-order valence-electron chi connectivity index (χ4n) is 3.11. The molecule has 0 unspecified atom stereocenters. The summed E-state index contributed by atoms with van der Waals surface area (Å²) in [4.78, 5) is 0. The summed E-state index contributed by atoms with van der Waals surface area (Å²) in [6.45, 7) is 7.40. The monoisotopic (exact) mass is 333 g/mol. The highest BCUT2D eigenvalue weighted by Gasteiger charge is 2.12. The average molecular weight is 333 g/mol. The smallest absolute Gasteiger partial charge is 0.131 e. The van der Waals surface area contributed by atoms with Gasteiger partial charge >= 0.3 is 0 Å². The summed E-state index contributed by atoms with van der Waals surface area (Å²) in [5.74, 6) is 0.644. The Balaban J connectivity index is 2.17. The molecule has 3 aromatic carbocycles. The Labute approximate surface area is 147 Å². The summed E-state index contributed by atoms with van der Waals surface area (Å²) in [7, 11) is 0. The van der Waals surface area contributed by atoms with Gasteiger partial charge < -0.3 is 15.3 Å². The maximum absolute atomic E-state index is 10.3. The van der Waals surface area contributed by atoms with Gasteiger partial charge in [0.05, 0.1) is 0 Å². The van der Waals surface area contributed by atoms with Crippen LogP contribution in [0.1, 0.15) is 22.3 Å². The van der Waals surface area contributed by atoms with Crippen LogP contribution in [-0.4, -0.2) is 15.3 Å². The largest absolute Gasteiger partial charge is 0.507 e. The van der Waals surface area contributed by atoms with E-state index in [0.29, 0.717) is 11.3 Å². The first-order valence-corrected chi connectivity index (χ1v) is 8.13. The molecule has 0 heterocycles. The van der Waals surface area contributed by atoms with E-state index in [4.69, 9.17) is 0 Å². The van der Waals surface area contributed by atoms with Crippen molar-refractivity contribution in [2.45, 2.75) is 27.7 Å². The lowest BCUT2D eigenvalue weighted by atomic mass is 9.94. The third kappa shape index (κ3) is 3.05. The quantitative estimate of drug-likeness (QED) is 0.606. The van der Waals surface area contributed by atoms with E-state index in [1.165, 1.54) is 0 Å². The summed E-state index contributed by atoms with van der Waals surface area (Å²) in [5, 5.41) is 30.2. The Morgan fingerprint density at radius 1 is 0.600 bits per heavy atom. The van der Waals surface area contributed by atoms with Crippen LogP contribution >= 0.6 is 0 Å². The van der Waals surface area contributed by atoms with Crippen LogP contribution in [0, 0.1) is 33.8 Å². The molecule has 0 bridgehead atoms. The van der Waals surface area contributed by atoms with Crippen molar-refractivity contribution in [3.63, 3.8) is 0 Å². The number of benzene rings is 3. The van der Waals surface area contributed by atoms with Gasteiger partial charge in [-0.2, -0.15) is 0 Å². The van der Waals surface area contributed by atoms with Gasteiger partial charge in [-0.1, -0.05) is 0 Å². The van der Waals surface area contributed by atoms with Gasteiger partial charge in [0.2, 0.25) is 0 Å². The van der Waals surface area contributed by atoms with Crippen molar-refractivity contribution in [2.75, 3.05) is 0 Å². The van der Waals surface area contributed by atoms with Crippen LogP contribution in [0.5, 0.6) is 17.2 Å². The van der Waals surface area contributed by atoms with Crippen molar-refractivity contribution in [1.82, 2.24) is 0 Å². The minimum Gasteiger partial charge on any atom is -0.507 e. The second-order valence-electron chi connectivity index (χ2n) is 6.57. The molecule has 25 heavy (non-hydrogen) atoms. The fourth-order valence-corrected chi connectivity index (χ4v) is 3.11. The Morgan fingerprint density at radius 3 is 1.52 bits per heavy atom. The zero-order valence-corrected chi connectivity index (χ0v) is 14.8. The van der Waals surface area contributed by atoms with Crippen LogP contribution in [0.2, 0.25) is 0 Å². The highest BCUT2D eigenvalue weighted by atomic mass is 16.3. The predicted octanol–water partition coefficient (Wildman–Crippen LogP) is 5.17. The van der Waals surface area contributed by atoms with E-state index in [-0.39, 0.29) is 11.5 Å². The molecule has 0 saturated heterocycles. The SMILES string of the molecule is Cc1cc(-c2c[c]c(O)c(-c3cc(C)c(O)c(C)c3)c2)cc(C)c1O. The molecule has 0 fully saturated rings. The van der Waals surface area contributed by atoms with Crippen molar-refractivity contribution in [3.05, 3.63) is 64.7 Å². The highest BCUT2D eigenvalue weighted by Crippen LogP contribution is 2.37. The first kappa shape index (κ1) is 16.9. The van der Waals surface area contributed by atoms with E-state index < -0.39 is 0 Å². The molecule has 0 aliphatic carbocycles. The number of hydrogen-bond donors (Lipinski definition) is 3. The molecule has 0 spiro atoms. The van der Waals surface area contributed by atoms with Crippen LogP contribution in [0.25, 0.3) is 22.3 Å². The van der Waals surface area contributed by atoms with Gasteiger partial charge in [-0.3, -0.25) is 0 Å². The highest BCUT2D eigenvalue weighted by molar-refractivity contribution is 5.79. The molecular weight excluding hydrogens is 312 g/mol. The van der Waals surface area contributed by atoms with Crippen LogP contribution in [0.3, 0.4) is 0 Å². The van der Waals surface area contributed by atoms with E-state index in [1.807, 2.05) is 58.0 Å². The lowest BCUT2D eigenvalue weighted by molar-refractivity contribution is 0.466. The van der Waals surface area contributed by atoms with Crippen LogP contribution in [-0.2, 0) is 0 Å². The van der Waals surface area contributed by atoms with Gasteiger partial charge in [-0.15, -0.1) is 0 Å². The van der Waals surface area contributed by atoms with E-state index in [2.05, 4.69) is 6.07 Å². The van der Waals surface area contributed by atoms with E-state index in [0.717, 1.165) is 38.9 Å². The molecule has 0 aliphatic rings. The van der Waals surface area contributed by atoms with Gasteiger partial charge in [-0.05, 0) is 103 Å². The second kappa shape index (κ2) is 6.17. The lowest BCUT2D eigenvalue weighted by Gasteiger charge is -2.13. The zero-order chi connectivity index (χ0) is 18.3. The maximum Gasteiger partial charge on any atom is 0.131 e. The first-order chi connectivity index (χ1) is 11.8. The topological polar surface area (TPSA) is 60.7 Å².